The SMILES string of the molecule is C=C(C)CN(CC)C(=O)[C@@H](C)N1CCC([C@H](O)C(N)=O)CC1. The first-order valence-electron chi connectivity index (χ1n) is 7.92. The van der Waals surface area contributed by atoms with E-state index in [1.54, 1.807) is 4.90 Å². The summed E-state index contributed by atoms with van der Waals surface area (Å²) in [5.74, 6) is -0.672. The summed E-state index contributed by atoms with van der Waals surface area (Å²) >= 11 is 0. The van der Waals surface area contributed by atoms with Gasteiger partial charge in [-0.2, -0.15) is 0 Å². The van der Waals surface area contributed by atoms with Gasteiger partial charge in [0, 0.05) is 13.1 Å². The predicted molar refractivity (Wildman–Crippen MR) is 86.0 cm³/mol. The number of hydrogen-bond donors (Lipinski definition) is 2. The number of carbonyl (C=O) groups is 2. The molecule has 0 aromatic rings. The smallest absolute Gasteiger partial charge is 0.246 e. The number of likely N-dealkylation sites (N-methyl/N-ethyl adjacent to an activating group) is 1. The van der Waals surface area contributed by atoms with Crippen molar-refractivity contribution in [2.45, 2.75) is 45.8 Å². The molecule has 0 bridgehead atoms. The quantitative estimate of drug-likeness (QED) is 0.665. The molecule has 22 heavy (non-hydrogen) atoms. The molecule has 0 unspecified atom stereocenters. The maximum absolute atomic E-state index is 12.6. The Kier molecular flexibility index (Phi) is 7.03. The number of rotatable bonds is 7. The van der Waals surface area contributed by atoms with Crippen molar-refractivity contribution in [1.29, 1.82) is 0 Å². The number of aliphatic hydroxyl groups excluding tert-OH is 1. The van der Waals surface area contributed by atoms with Crippen molar-refractivity contribution >= 4 is 11.8 Å². The van der Waals surface area contributed by atoms with Crippen molar-refractivity contribution in [3.8, 4) is 0 Å². The summed E-state index contributed by atoms with van der Waals surface area (Å²) in [5.41, 5.74) is 6.11. The highest BCUT2D eigenvalue weighted by atomic mass is 16.3. The Balaban J connectivity index is 2.57. The summed E-state index contributed by atoms with van der Waals surface area (Å²) in [6.45, 7) is 12.3. The summed E-state index contributed by atoms with van der Waals surface area (Å²) in [5, 5.41) is 9.73. The molecule has 0 spiro atoms. The molecule has 0 aliphatic carbocycles. The van der Waals surface area contributed by atoms with E-state index in [0.717, 1.165) is 5.57 Å². The van der Waals surface area contributed by atoms with Crippen LogP contribution in [0.4, 0.5) is 0 Å². The molecule has 0 saturated carbocycles. The van der Waals surface area contributed by atoms with Crippen molar-refractivity contribution in [3.05, 3.63) is 12.2 Å². The Hall–Kier alpha value is -1.40. The first kappa shape index (κ1) is 18.6. The highest BCUT2D eigenvalue weighted by Gasteiger charge is 2.32. The third-order valence-electron chi connectivity index (χ3n) is 4.37. The molecule has 1 aliphatic heterocycles. The van der Waals surface area contributed by atoms with Gasteiger partial charge in [0.1, 0.15) is 6.10 Å². The molecule has 126 valence electrons. The van der Waals surface area contributed by atoms with Crippen LogP contribution in [0, 0.1) is 5.92 Å². The van der Waals surface area contributed by atoms with E-state index in [9.17, 15) is 14.7 Å². The second-order valence-corrected chi connectivity index (χ2v) is 6.21. The molecule has 6 heteroatoms. The number of piperidine rings is 1. The van der Waals surface area contributed by atoms with E-state index in [1.165, 1.54) is 0 Å². The Labute approximate surface area is 132 Å². The molecule has 0 radical (unpaired) electrons. The molecule has 1 heterocycles. The van der Waals surface area contributed by atoms with Crippen LogP contribution in [0.15, 0.2) is 12.2 Å². The van der Waals surface area contributed by atoms with E-state index < -0.39 is 12.0 Å². The van der Waals surface area contributed by atoms with Gasteiger partial charge >= 0.3 is 0 Å². The molecule has 1 fully saturated rings. The molecular formula is C16H29N3O3. The normalized spacial score (nSPS) is 19.5. The van der Waals surface area contributed by atoms with Crippen LogP contribution in [-0.2, 0) is 9.59 Å². The maximum Gasteiger partial charge on any atom is 0.246 e. The molecule has 3 N–H and O–H groups in total. The van der Waals surface area contributed by atoms with E-state index in [4.69, 9.17) is 5.73 Å². The van der Waals surface area contributed by atoms with Gasteiger partial charge in [0.05, 0.1) is 6.04 Å². The lowest BCUT2D eigenvalue weighted by atomic mass is 9.90. The van der Waals surface area contributed by atoms with Crippen LogP contribution < -0.4 is 5.73 Å². The van der Waals surface area contributed by atoms with Gasteiger partial charge in [0.2, 0.25) is 11.8 Å². The zero-order chi connectivity index (χ0) is 16.9. The zero-order valence-electron chi connectivity index (χ0n) is 13.9. The van der Waals surface area contributed by atoms with Crippen molar-refractivity contribution in [3.63, 3.8) is 0 Å². The third-order valence-corrected chi connectivity index (χ3v) is 4.37. The lowest BCUT2D eigenvalue weighted by Gasteiger charge is -2.38. The molecule has 1 rings (SSSR count). The average Bonchev–Trinajstić information content (AvgIpc) is 2.50. The fourth-order valence-electron chi connectivity index (χ4n) is 2.95. The van der Waals surface area contributed by atoms with Gasteiger partial charge in [-0.1, -0.05) is 12.2 Å². The average molecular weight is 311 g/mol. The van der Waals surface area contributed by atoms with Crippen molar-refractivity contribution < 1.29 is 14.7 Å². The Morgan fingerprint density at radius 1 is 1.41 bits per heavy atom. The Morgan fingerprint density at radius 3 is 2.36 bits per heavy atom. The van der Waals surface area contributed by atoms with E-state index in [2.05, 4.69) is 11.5 Å². The maximum atomic E-state index is 12.6. The van der Waals surface area contributed by atoms with Gasteiger partial charge in [-0.05, 0) is 52.6 Å². The van der Waals surface area contributed by atoms with Crippen LogP contribution in [0.1, 0.15) is 33.6 Å². The van der Waals surface area contributed by atoms with Gasteiger partial charge in [-0.15, -0.1) is 0 Å². The van der Waals surface area contributed by atoms with E-state index in [1.807, 2.05) is 20.8 Å². The predicted octanol–water partition coefficient (Wildman–Crippen LogP) is 0.358. The standard InChI is InChI=1S/C16H29N3O3/c1-5-18(10-11(2)3)16(22)12(4)19-8-6-13(7-9-19)14(20)15(17)21/h12-14,20H,2,5-10H2,1,3-4H3,(H2,17,21)/t12-,14+/m1/s1. The third kappa shape index (κ3) is 4.81. The van der Waals surface area contributed by atoms with Crippen molar-refractivity contribution in [2.75, 3.05) is 26.2 Å². The van der Waals surface area contributed by atoms with Crippen LogP contribution in [-0.4, -0.2) is 65.0 Å². The van der Waals surface area contributed by atoms with Gasteiger partial charge in [0.15, 0.2) is 0 Å². The number of likely N-dealkylation sites (tertiary alicyclic amines) is 1. The number of nitrogens with zero attached hydrogens (tertiary/aromatic N) is 2. The lowest BCUT2D eigenvalue weighted by molar-refractivity contribution is -0.137. The molecule has 0 aromatic heterocycles. The highest BCUT2D eigenvalue weighted by molar-refractivity contribution is 5.81. The number of primary amides is 1. The van der Waals surface area contributed by atoms with Gasteiger partial charge in [-0.3, -0.25) is 14.5 Å². The van der Waals surface area contributed by atoms with E-state index in [-0.39, 0.29) is 17.9 Å². The molecule has 2 amide bonds. The van der Waals surface area contributed by atoms with Crippen molar-refractivity contribution in [1.82, 2.24) is 9.80 Å². The molecule has 1 saturated heterocycles. The summed E-state index contributed by atoms with van der Waals surface area (Å²) in [7, 11) is 0. The number of carbonyl (C=O) groups excluding carboxylic acids is 2. The Bertz CT molecular complexity index is 417. The minimum atomic E-state index is -1.08. The molecular weight excluding hydrogens is 282 g/mol. The largest absolute Gasteiger partial charge is 0.383 e. The fraction of sp³-hybridized carbons (Fsp3) is 0.750. The van der Waals surface area contributed by atoms with E-state index >= 15 is 0 Å². The first-order valence-corrected chi connectivity index (χ1v) is 7.92. The Morgan fingerprint density at radius 2 is 1.95 bits per heavy atom. The van der Waals surface area contributed by atoms with Gasteiger partial charge in [-0.25, -0.2) is 0 Å². The summed E-state index contributed by atoms with van der Waals surface area (Å²) in [6.07, 6.45) is 0.270. The number of amides is 2. The van der Waals surface area contributed by atoms with Gasteiger partial charge < -0.3 is 15.7 Å². The van der Waals surface area contributed by atoms with E-state index in [0.29, 0.717) is 39.0 Å². The summed E-state index contributed by atoms with van der Waals surface area (Å²) in [4.78, 5) is 27.5. The van der Waals surface area contributed by atoms with Crippen LogP contribution in [0.5, 0.6) is 0 Å². The minimum Gasteiger partial charge on any atom is -0.383 e. The molecule has 2 atom stereocenters. The van der Waals surface area contributed by atoms with Crippen LogP contribution in [0.3, 0.4) is 0 Å². The van der Waals surface area contributed by atoms with Crippen LogP contribution in [0.2, 0.25) is 0 Å². The van der Waals surface area contributed by atoms with Crippen molar-refractivity contribution in [2.24, 2.45) is 11.7 Å². The van der Waals surface area contributed by atoms with Gasteiger partial charge in [0.25, 0.3) is 0 Å². The monoisotopic (exact) mass is 311 g/mol. The highest BCUT2D eigenvalue weighted by Crippen LogP contribution is 2.22. The van der Waals surface area contributed by atoms with Crippen LogP contribution >= 0.6 is 0 Å². The minimum absolute atomic E-state index is 0.0967. The van der Waals surface area contributed by atoms with Crippen LogP contribution in [0.25, 0.3) is 0 Å². The molecule has 1 aliphatic rings. The fourth-order valence-corrected chi connectivity index (χ4v) is 2.95. The number of nitrogens with two attached hydrogens (primary N) is 1. The second kappa shape index (κ2) is 8.29. The topological polar surface area (TPSA) is 86.9 Å². The summed E-state index contributed by atoms with van der Waals surface area (Å²) in [6, 6.07) is -0.203. The number of aliphatic hydroxyl groups is 1. The zero-order valence-corrected chi connectivity index (χ0v) is 13.9. The lowest BCUT2D eigenvalue weighted by Crippen LogP contribution is -2.51. The first-order chi connectivity index (χ1) is 10.3. The second-order valence-electron chi connectivity index (χ2n) is 6.21. The molecule has 6 nitrogen and oxygen atoms in total. The number of hydrogen-bond acceptors (Lipinski definition) is 4. The molecule has 0 aromatic carbocycles. The summed E-state index contributed by atoms with van der Waals surface area (Å²) < 4.78 is 0.